The van der Waals surface area contributed by atoms with Crippen LogP contribution in [-0.4, -0.2) is 28.0 Å². The Bertz CT molecular complexity index is 98.5. The molecule has 0 amide bonds. The average Bonchev–Trinajstić information content (AvgIpc) is 1.64. The maximum absolute atomic E-state index is 8.80. The van der Waals surface area contributed by atoms with Gasteiger partial charge in [-0.1, -0.05) is 6.58 Å². The number of hydrogen-bond acceptors (Lipinski definition) is 3. The summed E-state index contributed by atoms with van der Waals surface area (Å²) in [5, 5.41) is 26.0. The third-order valence-corrected chi connectivity index (χ3v) is 1.21. The van der Waals surface area contributed by atoms with Crippen LogP contribution in [-0.2, 0) is 0 Å². The molecule has 2 atom stereocenters. The van der Waals surface area contributed by atoms with Gasteiger partial charge >= 0.3 is 0 Å². The average molecular weight is 132 g/mol. The lowest BCUT2D eigenvalue weighted by Crippen LogP contribution is -2.21. The second kappa shape index (κ2) is 3.48. The van der Waals surface area contributed by atoms with Crippen LogP contribution in [0, 0.1) is 5.92 Å². The summed E-state index contributed by atoms with van der Waals surface area (Å²) in [5.74, 6) is -0.780. The van der Waals surface area contributed by atoms with Gasteiger partial charge in [0.25, 0.3) is 0 Å². The highest BCUT2D eigenvalue weighted by atomic mass is 16.3. The zero-order valence-electron chi connectivity index (χ0n) is 5.41. The minimum absolute atomic E-state index is 0.174. The van der Waals surface area contributed by atoms with E-state index in [1.54, 1.807) is 0 Å². The number of aliphatic hydroxyl groups is 3. The molecule has 0 spiro atoms. The van der Waals surface area contributed by atoms with E-state index in [2.05, 4.69) is 6.58 Å². The van der Waals surface area contributed by atoms with E-state index in [1.165, 1.54) is 6.92 Å². The molecule has 0 bridgehead atoms. The predicted molar refractivity (Wildman–Crippen MR) is 34.0 cm³/mol. The Morgan fingerprint density at radius 3 is 2.11 bits per heavy atom. The lowest BCUT2D eigenvalue weighted by atomic mass is 10.0. The maximum atomic E-state index is 8.80. The lowest BCUT2D eigenvalue weighted by molar-refractivity contribution is 0.0767. The van der Waals surface area contributed by atoms with Gasteiger partial charge in [0.15, 0.2) is 0 Å². The van der Waals surface area contributed by atoms with Gasteiger partial charge in [0.2, 0.25) is 0 Å². The third-order valence-electron chi connectivity index (χ3n) is 1.21. The monoisotopic (exact) mass is 132 g/mol. The molecule has 0 heterocycles. The van der Waals surface area contributed by atoms with E-state index in [0.29, 0.717) is 0 Å². The van der Waals surface area contributed by atoms with Gasteiger partial charge in [0, 0.05) is 0 Å². The van der Waals surface area contributed by atoms with Crippen LogP contribution < -0.4 is 0 Å². The van der Waals surface area contributed by atoms with Crippen molar-refractivity contribution in [3.05, 3.63) is 12.3 Å². The first-order chi connectivity index (χ1) is 4.09. The summed E-state index contributed by atoms with van der Waals surface area (Å²) in [4.78, 5) is 0. The van der Waals surface area contributed by atoms with Crippen molar-refractivity contribution in [2.24, 2.45) is 5.92 Å². The van der Waals surface area contributed by atoms with Crippen molar-refractivity contribution in [3.63, 3.8) is 0 Å². The number of aliphatic hydroxyl groups excluding tert-OH is 3. The maximum Gasteiger partial charge on any atom is 0.0930 e. The van der Waals surface area contributed by atoms with Gasteiger partial charge in [-0.25, -0.2) is 0 Å². The van der Waals surface area contributed by atoms with Crippen molar-refractivity contribution in [3.8, 4) is 0 Å². The highest BCUT2D eigenvalue weighted by molar-refractivity contribution is 4.90. The predicted octanol–water partition coefficient (Wildman–Crippen LogP) is 0.0474. The first-order valence-corrected chi connectivity index (χ1v) is 2.76. The van der Waals surface area contributed by atoms with Gasteiger partial charge in [0.05, 0.1) is 24.4 Å². The summed E-state index contributed by atoms with van der Waals surface area (Å²) < 4.78 is 0. The molecule has 9 heavy (non-hydrogen) atoms. The standard InChI is InChI=1S/C6H12O3/c1-4(8)6(3-7)5(2)9/h5-9H,1,3H2,2H3. The van der Waals surface area contributed by atoms with Crippen molar-refractivity contribution in [1.82, 2.24) is 0 Å². The molecule has 0 saturated carbocycles. The number of rotatable bonds is 3. The lowest BCUT2D eigenvalue weighted by Gasteiger charge is -2.14. The molecule has 0 fully saturated rings. The van der Waals surface area contributed by atoms with Crippen LogP contribution >= 0.6 is 0 Å². The largest absolute Gasteiger partial charge is 0.512 e. The summed E-state index contributed by atoms with van der Waals surface area (Å²) >= 11 is 0. The molecule has 2 unspecified atom stereocenters. The van der Waals surface area contributed by atoms with E-state index >= 15 is 0 Å². The summed E-state index contributed by atoms with van der Waals surface area (Å²) in [6.45, 7) is 4.40. The zero-order valence-corrected chi connectivity index (χ0v) is 5.41. The SMILES string of the molecule is C=C(O)C(CO)C(C)O. The van der Waals surface area contributed by atoms with Crippen molar-refractivity contribution < 1.29 is 15.3 Å². The smallest absolute Gasteiger partial charge is 0.0930 e. The molecule has 54 valence electrons. The summed E-state index contributed by atoms with van der Waals surface area (Å²) in [6.07, 6.45) is -0.743. The van der Waals surface area contributed by atoms with E-state index in [0.717, 1.165) is 0 Å². The highest BCUT2D eigenvalue weighted by Crippen LogP contribution is 2.09. The summed E-state index contributed by atoms with van der Waals surface area (Å²) in [5.41, 5.74) is 0. The first kappa shape index (κ1) is 8.46. The molecule has 0 aliphatic heterocycles. The Balaban J connectivity index is 3.83. The zero-order chi connectivity index (χ0) is 7.44. The summed E-state index contributed by atoms with van der Waals surface area (Å²) in [7, 11) is 0. The molecule has 0 rings (SSSR count). The van der Waals surface area contributed by atoms with Gasteiger partial charge in [-0.3, -0.25) is 0 Å². The highest BCUT2D eigenvalue weighted by Gasteiger charge is 2.15. The second-order valence-electron chi connectivity index (χ2n) is 2.02. The first-order valence-electron chi connectivity index (χ1n) is 2.76. The minimum atomic E-state index is -0.743. The van der Waals surface area contributed by atoms with E-state index < -0.39 is 12.0 Å². The normalized spacial score (nSPS) is 16.8. The van der Waals surface area contributed by atoms with E-state index in [-0.39, 0.29) is 12.4 Å². The Morgan fingerprint density at radius 2 is 2.11 bits per heavy atom. The molecular weight excluding hydrogens is 120 g/mol. The van der Waals surface area contributed by atoms with Gasteiger partial charge in [0.1, 0.15) is 0 Å². The van der Waals surface area contributed by atoms with Crippen LogP contribution in [0.4, 0.5) is 0 Å². The third kappa shape index (κ3) is 2.49. The molecule has 0 aromatic carbocycles. The van der Waals surface area contributed by atoms with Gasteiger partial charge in [-0.15, -0.1) is 0 Å². The molecule has 3 nitrogen and oxygen atoms in total. The molecule has 3 heteroatoms. The van der Waals surface area contributed by atoms with Gasteiger partial charge in [-0.2, -0.15) is 0 Å². The molecule has 0 radical (unpaired) electrons. The van der Waals surface area contributed by atoms with Gasteiger partial charge in [-0.05, 0) is 6.92 Å². The topological polar surface area (TPSA) is 60.7 Å². The summed E-state index contributed by atoms with van der Waals surface area (Å²) in [6, 6.07) is 0. The van der Waals surface area contributed by atoms with E-state index in [4.69, 9.17) is 15.3 Å². The van der Waals surface area contributed by atoms with Crippen molar-refractivity contribution in [2.45, 2.75) is 13.0 Å². The Morgan fingerprint density at radius 1 is 1.67 bits per heavy atom. The van der Waals surface area contributed by atoms with Gasteiger partial charge < -0.3 is 15.3 Å². The molecular formula is C6H12O3. The fourth-order valence-electron chi connectivity index (χ4n) is 0.536. The molecule has 0 aromatic heterocycles. The second-order valence-corrected chi connectivity index (χ2v) is 2.02. The quantitative estimate of drug-likeness (QED) is 0.475. The molecule has 3 N–H and O–H groups in total. The molecule has 0 saturated heterocycles. The van der Waals surface area contributed by atoms with Crippen LogP contribution in [0.3, 0.4) is 0 Å². The molecule has 0 aromatic rings. The Kier molecular flexibility index (Phi) is 3.27. The van der Waals surface area contributed by atoms with Crippen LogP contribution in [0.15, 0.2) is 12.3 Å². The van der Waals surface area contributed by atoms with E-state index in [9.17, 15) is 0 Å². The van der Waals surface area contributed by atoms with Crippen LogP contribution in [0.2, 0.25) is 0 Å². The molecule has 0 aliphatic rings. The van der Waals surface area contributed by atoms with Crippen LogP contribution in [0.1, 0.15) is 6.92 Å². The van der Waals surface area contributed by atoms with Crippen LogP contribution in [0.5, 0.6) is 0 Å². The fourth-order valence-corrected chi connectivity index (χ4v) is 0.536. The molecule has 0 aliphatic carbocycles. The van der Waals surface area contributed by atoms with Crippen molar-refractivity contribution in [2.75, 3.05) is 6.61 Å². The van der Waals surface area contributed by atoms with Crippen molar-refractivity contribution >= 4 is 0 Å². The fraction of sp³-hybridized carbons (Fsp3) is 0.667. The minimum Gasteiger partial charge on any atom is -0.512 e. The number of hydrogen-bond donors (Lipinski definition) is 3. The van der Waals surface area contributed by atoms with E-state index in [1.807, 2.05) is 0 Å². The Labute approximate surface area is 54.3 Å². The Hall–Kier alpha value is -0.540. The van der Waals surface area contributed by atoms with Crippen molar-refractivity contribution in [1.29, 1.82) is 0 Å². The van der Waals surface area contributed by atoms with Crippen LogP contribution in [0.25, 0.3) is 0 Å².